The average Bonchev–Trinajstić information content (AvgIpc) is 3.84. The van der Waals surface area contributed by atoms with E-state index in [-0.39, 0.29) is 128 Å². The van der Waals surface area contributed by atoms with Crippen LogP contribution in [0.15, 0.2) is 92.4 Å². The van der Waals surface area contributed by atoms with Crippen molar-refractivity contribution in [3.05, 3.63) is 72.8 Å². The molecule has 1 unspecified atom stereocenters. The van der Waals surface area contributed by atoms with Gasteiger partial charge in [0.15, 0.2) is 53.7 Å². The molecular formula is C32H22CuN12O9S4. The van der Waals surface area contributed by atoms with Crippen molar-refractivity contribution in [2.24, 2.45) is 0 Å². The molecule has 0 fully saturated rings. The van der Waals surface area contributed by atoms with Crippen LogP contribution in [0.5, 0.6) is 0 Å². The Kier molecular flexibility index (Phi) is 9.50. The molecule has 9 rings (SSSR count). The Balaban J connectivity index is 0.00000256. The van der Waals surface area contributed by atoms with E-state index in [9.17, 15) is 49.2 Å². The first kappa shape index (κ1) is 40.7. The first-order valence-corrected chi connectivity index (χ1v) is 21.5. The minimum Gasteiger partial charge on any atom is -0.523 e. The molecule has 0 spiro atoms. The summed E-state index contributed by atoms with van der Waals surface area (Å²) >= 11 is 0. The standard InChI is InChI=1S/C32H19N11O9S4.Cu.H3N/c33-53(44,45)13-1-5-17-21(9-13)29-36-25(17)38-30-23-11-15(55(35,48)49)3-7-19(23)27(40-30)42-32-24-12-16(56(50,51)52)4-8-20(24)28(43-32)41-31-22-10-14(54(34,46)47)2-6-18(22)26(37-29)39-31;;/h1-12H,(H7-2,35,36,37,38,39,40,41,42,43,44,45,46,47,48,49,50,51,52);;1H3/q-2;+2;. The molecule has 8 bridgehead atoms. The van der Waals surface area contributed by atoms with Crippen molar-refractivity contribution >= 4 is 62.6 Å². The van der Waals surface area contributed by atoms with Crippen LogP contribution in [0.3, 0.4) is 0 Å². The van der Waals surface area contributed by atoms with Gasteiger partial charge in [-0.1, -0.05) is 12.1 Å². The Morgan fingerprint density at radius 3 is 1.50 bits per heavy atom. The summed E-state index contributed by atoms with van der Waals surface area (Å²) < 4.78 is 125. The molecule has 10 N–H and O–H groups in total. The van der Waals surface area contributed by atoms with Crippen LogP contribution in [0.4, 0.5) is 0 Å². The van der Waals surface area contributed by atoms with E-state index in [0.29, 0.717) is 0 Å². The van der Waals surface area contributed by atoms with E-state index < -0.39 is 45.5 Å². The number of rotatable bonds is 2. The van der Waals surface area contributed by atoms with Crippen molar-refractivity contribution in [1.82, 2.24) is 46.0 Å². The maximum absolute atomic E-state index is 12.4. The van der Waals surface area contributed by atoms with Crippen LogP contribution in [0, 0.1) is 14.0 Å². The Bertz CT molecular complexity index is 3500. The summed E-state index contributed by atoms with van der Waals surface area (Å²) in [6.45, 7) is 0. The molecule has 0 amide bonds. The third-order valence-corrected chi connectivity index (χ3v) is 12.4. The normalized spacial score (nSPS) is 13.6. The first-order valence-electron chi connectivity index (χ1n) is 15.5. The number of aromatic nitrogens is 8. The zero-order valence-corrected chi connectivity index (χ0v) is 32.7. The molecule has 21 nitrogen and oxygen atoms in total. The summed E-state index contributed by atoms with van der Waals surface area (Å²) in [6.07, 6.45) is 0. The van der Waals surface area contributed by atoms with Crippen LogP contribution >= 0.6 is 20.4 Å². The summed E-state index contributed by atoms with van der Waals surface area (Å²) in [7, 11) is -17.4. The number of hydrogen-bond donors (Lipinski definition) is 8. The molecule has 4 aromatic carbocycles. The van der Waals surface area contributed by atoms with Gasteiger partial charge in [-0.25, -0.2) is 33.9 Å². The topological polar surface area (TPSA) is 385 Å². The van der Waals surface area contributed by atoms with Gasteiger partial charge < -0.3 is 21.1 Å². The SMILES string of the molecule is N.N#S(O)(O)c1ccc2c(c1)-c1nc3nc(nc4nc(nc5[n-]c([n-]c-2n1)c1cc(S(#N)(O)O)ccc51)-c1cc(S(=N)(=O)O)ccc1-4)-c1cc(S(=O)(=O)O)ccc1-3.[Cu+2]. The summed E-state index contributed by atoms with van der Waals surface area (Å²) in [5.41, 5.74) is 0.967. The van der Waals surface area contributed by atoms with E-state index in [4.69, 9.17) is 4.78 Å². The Morgan fingerprint density at radius 2 is 0.931 bits per heavy atom. The van der Waals surface area contributed by atoms with Crippen LogP contribution in [0.25, 0.3) is 90.4 Å². The van der Waals surface area contributed by atoms with E-state index in [2.05, 4.69) is 39.9 Å². The second-order valence-electron chi connectivity index (χ2n) is 12.4. The van der Waals surface area contributed by atoms with Crippen LogP contribution in [-0.4, -0.2) is 69.8 Å². The monoisotopic (exact) mass is 909 g/mol. The molecular weight excluding hydrogens is 888 g/mol. The van der Waals surface area contributed by atoms with Gasteiger partial charge in [0.25, 0.3) is 10.1 Å². The fraction of sp³-hybridized carbons (Fsp3) is 0. The Morgan fingerprint density at radius 1 is 0.500 bits per heavy atom. The molecule has 6 aromatic rings. The molecule has 0 saturated heterocycles. The predicted molar refractivity (Wildman–Crippen MR) is 204 cm³/mol. The van der Waals surface area contributed by atoms with Gasteiger partial charge in [-0.3, -0.25) is 27.3 Å². The third-order valence-electron chi connectivity index (χ3n) is 8.84. The molecule has 3 aliphatic rings. The van der Waals surface area contributed by atoms with Crippen molar-refractivity contribution in [3.63, 3.8) is 0 Å². The van der Waals surface area contributed by atoms with Crippen molar-refractivity contribution in [3.8, 4) is 68.3 Å². The van der Waals surface area contributed by atoms with Crippen LogP contribution < -0.4 is 16.1 Å². The first-order chi connectivity index (χ1) is 26.2. The van der Waals surface area contributed by atoms with Gasteiger partial charge in [0.2, 0.25) is 0 Å². The van der Waals surface area contributed by atoms with Crippen LogP contribution in [0.2, 0.25) is 0 Å². The maximum Gasteiger partial charge on any atom is 2.00 e. The number of nitrogens with zero attached hydrogens (tertiary/aromatic N) is 10. The summed E-state index contributed by atoms with van der Waals surface area (Å²) in [5, 5.41) is 0.421. The number of nitrogens with one attached hydrogen (secondary N) is 1. The summed E-state index contributed by atoms with van der Waals surface area (Å²) in [6, 6.07) is 15.1. The predicted octanol–water partition coefficient (Wildman–Crippen LogP) is 6.49. The molecule has 0 aliphatic carbocycles. The molecule has 299 valence electrons. The molecule has 1 atom stereocenters. The summed E-state index contributed by atoms with van der Waals surface area (Å²) in [4.78, 5) is 35.4. The van der Waals surface area contributed by atoms with Gasteiger partial charge in [0.05, 0.1) is 19.6 Å². The maximum atomic E-state index is 12.4. The van der Waals surface area contributed by atoms with Gasteiger partial charge in [-0.2, -0.15) is 17.6 Å². The van der Waals surface area contributed by atoms with Crippen molar-refractivity contribution in [2.75, 3.05) is 0 Å². The van der Waals surface area contributed by atoms with E-state index in [0.717, 1.165) is 12.1 Å². The third kappa shape index (κ3) is 6.84. The van der Waals surface area contributed by atoms with Crippen LogP contribution in [0.1, 0.15) is 0 Å². The van der Waals surface area contributed by atoms with Gasteiger partial charge in [0.1, 0.15) is 0 Å². The van der Waals surface area contributed by atoms with Crippen molar-refractivity contribution in [2.45, 2.75) is 19.6 Å². The fourth-order valence-electron chi connectivity index (χ4n) is 6.25. The zero-order valence-electron chi connectivity index (χ0n) is 28.4. The molecule has 2 aromatic heterocycles. The van der Waals surface area contributed by atoms with E-state index in [1.54, 1.807) is 0 Å². The second-order valence-corrected chi connectivity index (χ2v) is 18.3. The Labute approximate surface area is 338 Å². The Hall–Kier alpha value is -5.50. The molecule has 3 aliphatic heterocycles. The van der Waals surface area contributed by atoms with Crippen molar-refractivity contribution < 1.29 is 57.0 Å². The molecule has 0 saturated carbocycles. The van der Waals surface area contributed by atoms with Crippen molar-refractivity contribution in [1.29, 1.82) is 14.0 Å². The number of fused-ring (bicyclic) bond motifs is 20. The molecule has 26 heteroatoms. The number of benzene rings is 4. The zero-order chi connectivity index (χ0) is 39.7. The summed E-state index contributed by atoms with van der Waals surface area (Å²) in [5.74, 6) is -0.546. The van der Waals surface area contributed by atoms with E-state index in [1.807, 2.05) is 0 Å². The molecule has 1 radical (unpaired) electrons. The second kappa shape index (κ2) is 13.5. The number of hydrogen-bond acceptors (Lipinski definition) is 17. The van der Waals surface area contributed by atoms with Gasteiger partial charge >= 0.3 is 17.1 Å². The van der Waals surface area contributed by atoms with E-state index in [1.165, 1.54) is 60.7 Å². The van der Waals surface area contributed by atoms with Gasteiger partial charge in [-0.05, 0) is 71.4 Å². The average molecular weight is 910 g/mol. The largest absolute Gasteiger partial charge is 2.00 e. The van der Waals surface area contributed by atoms with E-state index >= 15 is 0 Å². The molecule has 58 heavy (non-hydrogen) atoms. The quantitative estimate of drug-likeness (QED) is 0.0678. The smallest absolute Gasteiger partial charge is 0.523 e. The minimum atomic E-state index is -4.72. The fourth-order valence-corrected chi connectivity index (χ4v) is 8.34. The minimum absolute atomic E-state index is 0. The van der Waals surface area contributed by atoms with Gasteiger partial charge in [-0.15, -0.1) is 11.3 Å². The van der Waals surface area contributed by atoms with Crippen LogP contribution in [-0.2, 0) is 37.2 Å². The van der Waals surface area contributed by atoms with Gasteiger partial charge in [0, 0.05) is 45.0 Å². The molecule has 5 heterocycles.